The van der Waals surface area contributed by atoms with Crippen LogP contribution < -0.4 is 0 Å². The summed E-state index contributed by atoms with van der Waals surface area (Å²) in [5.41, 5.74) is 1.21. The Morgan fingerprint density at radius 1 is 1.56 bits per heavy atom. The highest BCUT2D eigenvalue weighted by Gasteiger charge is 2.35. The fourth-order valence-corrected chi connectivity index (χ4v) is 4.44. The van der Waals surface area contributed by atoms with Crippen molar-refractivity contribution in [2.75, 3.05) is 14.2 Å². The molecule has 0 unspecified atom stereocenters. The van der Waals surface area contributed by atoms with E-state index >= 15 is 0 Å². The summed E-state index contributed by atoms with van der Waals surface area (Å²) >= 11 is 0.939. The van der Waals surface area contributed by atoms with Crippen molar-refractivity contribution in [3.63, 3.8) is 0 Å². The molecule has 0 aliphatic heterocycles. The molecule has 2 rings (SSSR count). The van der Waals surface area contributed by atoms with Crippen molar-refractivity contribution in [1.82, 2.24) is 9.29 Å². The van der Waals surface area contributed by atoms with Gasteiger partial charge in [-0.2, -0.15) is 4.31 Å². The lowest BCUT2D eigenvalue weighted by molar-refractivity contribution is 0.0590. The molecule has 6 nitrogen and oxygen atoms in total. The summed E-state index contributed by atoms with van der Waals surface area (Å²) in [6.07, 6.45) is 2.77. The van der Waals surface area contributed by atoms with E-state index in [0.717, 1.165) is 30.6 Å². The quantitative estimate of drug-likeness (QED) is 0.776. The van der Waals surface area contributed by atoms with Crippen LogP contribution in [0.15, 0.2) is 9.72 Å². The van der Waals surface area contributed by atoms with Gasteiger partial charge in [-0.3, -0.25) is 0 Å². The lowest BCUT2D eigenvalue weighted by Crippen LogP contribution is -2.41. The van der Waals surface area contributed by atoms with Gasteiger partial charge in [-0.25, -0.2) is 18.2 Å². The van der Waals surface area contributed by atoms with Crippen LogP contribution in [-0.4, -0.2) is 43.9 Å². The third-order valence-corrected chi connectivity index (χ3v) is 6.37. The monoisotopic (exact) mass is 290 g/mol. The Hall–Kier alpha value is -0.990. The fraction of sp³-hybridized carbons (Fsp3) is 0.600. The molecule has 1 aromatic rings. The van der Waals surface area contributed by atoms with Gasteiger partial charge >= 0.3 is 5.97 Å². The van der Waals surface area contributed by atoms with Crippen LogP contribution in [0, 0.1) is 0 Å². The molecule has 0 saturated heterocycles. The minimum Gasteiger partial charge on any atom is -0.464 e. The van der Waals surface area contributed by atoms with E-state index in [1.807, 2.05) is 0 Å². The molecule has 0 N–H and O–H groups in total. The number of thiazole rings is 1. The molecule has 1 aromatic heterocycles. The van der Waals surface area contributed by atoms with Crippen LogP contribution in [0.25, 0.3) is 0 Å². The van der Waals surface area contributed by atoms with Crippen LogP contribution in [-0.2, 0) is 14.8 Å². The number of rotatable bonds is 4. The summed E-state index contributed by atoms with van der Waals surface area (Å²) in [7, 11) is -0.909. The van der Waals surface area contributed by atoms with Crippen LogP contribution in [0.5, 0.6) is 0 Å². The molecule has 0 atom stereocenters. The van der Waals surface area contributed by atoms with Gasteiger partial charge in [0.25, 0.3) is 10.0 Å². The Morgan fingerprint density at radius 3 is 2.72 bits per heavy atom. The average Bonchev–Trinajstić information content (AvgIpc) is 2.74. The first-order valence-electron chi connectivity index (χ1n) is 5.48. The first-order valence-corrected chi connectivity index (χ1v) is 7.80. The zero-order valence-electron chi connectivity index (χ0n) is 10.1. The normalized spacial score (nSPS) is 16.6. The van der Waals surface area contributed by atoms with Gasteiger partial charge in [0.1, 0.15) is 0 Å². The molecule has 0 radical (unpaired) electrons. The number of aromatic nitrogens is 1. The summed E-state index contributed by atoms with van der Waals surface area (Å²) < 4.78 is 30.5. The van der Waals surface area contributed by atoms with Crippen molar-refractivity contribution >= 4 is 27.3 Å². The highest BCUT2D eigenvalue weighted by molar-refractivity contribution is 7.91. The smallest absolute Gasteiger partial charge is 0.358 e. The van der Waals surface area contributed by atoms with Crippen molar-refractivity contribution in [3.8, 4) is 0 Å². The molecule has 0 bridgehead atoms. The standard InChI is InChI=1S/C10H14N2O4S2/c1-12(7-4-3-5-7)18(14,15)10-8(9(13)16-2)11-6-17-10/h6-7H,3-5H2,1-2H3. The van der Waals surface area contributed by atoms with Crippen LogP contribution in [0.4, 0.5) is 0 Å². The van der Waals surface area contributed by atoms with Gasteiger partial charge in [-0.15, -0.1) is 11.3 Å². The minimum absolute atomic E-state index is 0.0302. The number of carbonyl (C=O) groups excluding carboxylic acids is 1. The van der Waals surface area contributed by atoms with Crippen LogP contribution in [0.1, 0.15) is 29.8 Å². The van der Waals surface area contributed by atoms with Crippen LogP contribution in [0.2, 0.25) is 0 Å². The zero-order chi connectivity index (χ0) is 13.3. The maximum atomic E-state index is 12.4. The minimum atomic E-state index is -3.65. The van der Waals surface area contributed by atoms with E-state index in [9.17, 15) is 13.2 Å². The molecule has 1 aliphatic carbocycles. The second-order valence-electron chi connectivity index (χ2n) is 4.09. The third kappa shape index (κ3) is 2.15. The molecule has 0 amide bonds. The third-order valence-electron chi connectivity index (χ3n) is 3.12. The molecular weight excluding hydrogens is 276 g/mol. The van der Waals surface area contributed by atoms with Crippen LogP contribution in [0.3, 0.4) is 0 Å². The van der Waals surface area contributed by atoms with Crippen molar-refractivity contribution < 1.29 is 17.9 Å². The first-order chi connectivity index (χ1) is 8.48. The number of carbonyl (C=O) groups is 1. The number of hydrogen-bond donors (Lipinski definition) is 0. The van der Waals surface area contributed by atoms with Crippen molar-refractivity contribution in [2.24, 2.45) is 0 Å². The number of hydrogen-bond acceptors (Lipinski definition) is 6. The van der Waals surface area contributed by atoms with E-state index in [-0.39, 0.29) is 15.9 Å². The van der Waals surface area contributed by atoms with E-state index in [2.05, 4.69) is 9.72 Å². The average molecular weight is 290 g/mol. The van der Waals surface area contributed by atoms with Gasteiger partial charge < -0.3 is 4.74 Å². The summed E-state index contributed by atoms with van der Waals surface area (Å²) in [6.45, 7) is 0. The van der Waals surface area contributed by atoms with Crippen molar-refractivity contribution in [2.45, 2.75) is 29.5 Å². The fourth-order valence-electron chi connectivity index (χ4n) is 1.73. The largest absolute Gasteiger partial charge is 0.464 e. The van der Waals surface area contributed by atoms with Gasteiger partial charge in [0, 0.05) is 13.1 Å². The number of ether oxygens (including phenoxy) is 1. The first kappa shape index (κ1) is 13.4. The Bertz CT molecular complexity index is 548. The number of methoxy groups -OCH3 is 1. The van der Waals surface area contributed by atoms with Crippen LogP contribution >= 0.6 is 11.3 Å². The molecule has 0 aromatic carbocycles. The summed E-state index contributed by atoms with van der Waals surface area (Å²) in [5.74, 6) is -0.725. The number of nitrogens with zero attached hydrogens (tertiary/aromatic N) is 2. The van der Waals surface area contributed by atoms with Crippen molar-refractivity contribution in [3.05, 3.63) is 11.2 Å². The van der Waals surface area contributed by atoms with E-state index in [1.54, 1.807) is 7.05 Å². The molecule has 1 saturated carbocycles. The number of esters is 1. The van der Waals surface area contributed by atoms with Gasteiger partial charge in [0.15, 0.2) is 9.90 Å². The second-order valence-corrected chi connectivity index (χ2v) is 7.13. The maximum Gasteiger partial charge on any atom is 0.358 e. The zero-order valence-corrected chi connectivity index (χ0v) is 11.8. The summed E-state index contributed by atoms with van der Waals surface area (Å²) in [6, 6.07) is 0.0302. The number of sulfonamides is 1. The Balaban J connectivity index is 2.35. The van der Waals surface area contributed by atoms with Gasteiger partial charge in [-0.1, -0.05) is 6.42 Å². The Kier molecular flexibility index (Phi) is 3.69. The highest BCUT2D eigenvalue weighted by Crippen LogP contribution is 2.31. The predicted octanol–water partition coefficient (Wildman–Crippen LogP) is 1.10. The lowest BCUT2D eigenvalue weighted by atomic mass is 9.94. The highest BCUT2D eigenvalue weighted by atomic mass is 32.2. The van der Waals surface area contributed by atoms with E-state index in [4.69, 9.17) is 0 Å². The maximum absolute atomic E-state index is 12.4. The molecule has 8 heteroatoms. The topological polar surface area (TPSA) is 76.6 Å². The summed E-state index contributed by atoms with van der Waals surface area (Å²) in [4.78, 5) is 15.2. The van der Waals surface area contributed by atoms with Gasteiger partial charge in [0.05, 0.1) is 12.6 Å². The van der Waals surface area contributed by atoms with Crippen molar-refractivity contribution in [1.29, 1.82) is 0 Å². The molecule has 1 aliphatic rings. The van der Waals surface area contributed by atoms with Gasteiger partial charge in [0.2, 0.25) is 0 Å². The van der Waals surface area contributed by atoms with Gasteiger partial charge in [-0.05, 0) is 12.8 Å². The predicted molar refractivity (Wildman–Crippen MR) is 66.0 cm³/mol. The molecule has 1 heterocycles. The lowest BCUT2D eigenvalue weighted by Gasteiger charge is -2.33. The van der Waals surface area contributed by atoms with E-state index in [1.165, 1.54) is 16.9 Å². The summed E-state index contributed by atoms with van der Waals surface area (Å²) in [5, 5.41) is 0. The molecule has 1 fully saturated rings. The molecule has 18 heavy (non-hydrogen) atoms. The molecular formula is C10H14N2O4S2. The Morgan fingerprint density at radius 2 is 2.22 bits per heavy atom. The van der Waals surface area contributed by atoms with E-state index in [0.29, 0.717) is 0 Å². The molecule has 0 spiro atoms. The van der Waals surface area contributed by atoms with E-state index < -0.39 is 16.0 Å². The SMILES string of the molecule is COC(=O)c1ncsc1S(=O)(=O)N(C)C1CCC1. The Labute approximate surface area is 110 Å². The molecule has 100 valence electrons. The second kappa shape index (κ2) is 4.94.